The maximum atomic E-state index is 11.4. The molecule has 1 rings (SSSR count). The minimum atomic E-state index is -0.256. The molecule has 1 aromatic rings. The molecule has 5 nitrogen and oxygen atoms in total. The SMILES string of the molecule is Cc1ccnc(OCC(=O)NC(C)(C)C)n1. The maximum absolute atomic E-state index is 11.4. The highest BCUT2D eigenvalue weighted by Crippen LogP contribution is 2.02. The summed E-state index contributed by atoms with van der Waals surface area (Å²) >= 11 is 0. The standard InChI is InChI=1S/C11H17N3O2/c1-8-5-6-12-10(13-8)16-7-9(15)14-11(2,3)4/h5-6H,7H2,1-4H3,(H,14,15). The van der Waals surface area contributed by atoms with Gasteiger partial charge >= 0.3 is 6.01 Å². The molecule has 0 saturated carbocycles. The lowest BCUT2D eigenvalue weighted by molar-refractivity contribution is -0.124. The second kappa shape index (κ2) is 4.92. The predicted molar refractivity (Wildman–Crippen MR) is 60.2 cm³/mol. The zero-order chi connectivity index (χ0) is 12.2. The Hall–Kier alpha value is -1.65. The molecule has 1 heterocycles. The van der Waals surface area contributed by atoms with Gasteiger partial charge in [0.2, 0.25) is 0 Å². The van der Waals surface area contributed by atoms with Gasteiger partial charge in [0.05, 0.1) is 0 Å². The summed E-state index contributed by atoms with van der Waals surface area (Å²) in [5.74, 6) is -0.183. The Balaban J connectivity index is 2.43. The van der Waals surface area contributed by atoms with Gasteiger partial charge in [-0.25, -0.2) is 9.97 Å². The molecule has 0 bridgehead atoms. The van der Waals surface area contributed by atoms with Crippen LogP contribution in [0, 0.1) is 6.92 Å². The van der Waals surface area contributed by atoms with E-state index >= 15 is 0 Å². The number of hydrogen-bond acceptors (Lipinski definition) is 4. The molecule has 0 aliphatic heterocycles. The van der Waals surface area contributed by atoms with Crippen molar-refractivity contribution in [2.75, 3.05) is 6.61 Å². The van der Waals surface area contributed by atoms with Crippen LogP contribution < -0.4 is 10.1 Å². The summed E-state index contributed by atoms with van der Waals surface area (Å²) in [4.78, 5) is 19.3. The number of hydrogen-bond donors (Lipinski definition) is 1. The van der Waals surface area contributed by atoms with Gasteiger partial charge in [0.15, 0.2) is 6.61 Å². The quantitative estimate of drug-likeness (QED) is 0.832. The Kier molecular flexibility index (Phi) is 3.82. The van der Waals surface area contributed by atoms with Gasteiger partial charge in [-0.2, -0.15) is 0 Å². The van der Waals surface area contributed by atoms with Crippen LogP contribution in [0.15, 0.2) is 12.3 Å². The summed E-state index contributed by atoms with van der Waals surface area (Å²) in [6, 6.07) is 1.99. The lowest BCUT2D eigenvalue weighted by atomic mass is 10.1. The van der Waals surface area contributed by atoms with E-state index in [9.17, 15) is 4.79 Å². The molecule has 0 unspecified atom stereocenters. The summed E-state index contributed by atoms with van der Waals surface area (Å²) in [5, 5.41) is 2.78. The first kappa shape index (κ1) is 12.4. The zero-order valence-electron chi connectivity index (χ0n) is 10.1. The van der Waals surface area contributed by atoms with E-state index in [1.165, 1.54) is 0 Å². The van der Waals surface area contributed by atoms with Crippen LogP contribution in [0.1, 0.15) is 26.5 Å². The highest BCUT2D eigenvalue weighted by atomic mass is 16.5. The lowest BCUT2D eigenvalue weighted by Crippen LogP contribution is -2.43. The molecule has 1 aromatic heterocycles. The molecule has 5 heteroatoms. The van der Waals surface area contributed by atoms with Crippen molar-refractivity contribution in [3.8, 4) is 6.01 Å². The fourth-order valence-electron chi connectivity index (χ4n) is 1.08. The number of carbonyl (C=O) groups is 1. The van der Waals surface area contributed by atoms with Crippen molar-refractivity contribution < 1.29 is 9.53 Å². The summed E-state index contributed by atoms with van der Waals surface area (Å²) in [7, 11) is 0. The summed E-state index contributed by atoms with van der Waals surface area (Å²) in [5.41, 5.74) is 0.551. The molecule has 0 fully saturated rings. The Bertz CT molecular complexity index is 372. The molecule has 0 saturated heterocycles. The van der Waals surface area contributed by atoms with Gasteiger partial charge in [-0.15, -0.1) is 0 Å². The fourth-order valence-corrected chi connectivity index (χ4v) is 1.08. The third-order valence-corrected chi connectivity index (χ3v) is 1.62. The third kappa shape index (κ3) is 4.72. The molecular weight excluding hydrogens is 206 g/mol. The van der Waals surface area contributed by atoms with E-state index in [1.54, 1.807) is 12.3 Å². The van der Waals surface area contributed by atoms with E-state index < -0.39 is 0 Å². The van der Waals surface area contributed by atoms with E-state index in [4.69, 9.17) is 4.74 Å². The fraction of sp³-hybridized carbons (Fsp3) is 0.545. The van der Waals surface area contributed by atoms with Crippen molar-refractivity contribution in [1.29, 1.82) is 0 Å². The van der Waals surface area contributed by atoms with Crippen LogP contribution in [-0.2, 0) is 4.79 Å². The molecular formula is C11H17N3O2. The van der Waals surface area contributed by atoms with Gasteiger partial charge in [0.25, 0.3) is 5.91 Å². The Morgan fingerprint density at radius 1 is 1.50 bits per heavy atom. The van der Waals surface area contributed by atoms with E-state index in [-0.39, 0.29) is 24.1 Å². The van der Waals surface area contributed by atoms with Crippen LogP contribution in [0.2, 0.25) is 0 Å². The third-order valence-electron chi connectivity index (χ3n) is 1.62. The molecule has 0 aromatic carbocycles. The first-order valence-corrected chi connectivity index (χ1v) is 5.10. The van der Waals surface area contributed by atoms with Crippen molar-refractivity contribution in [3.63, 3.8) is 0 Å². The Morgan fingerprint density at radius 3 is 2.75 bits per heavy atom. The van der Waals surface area contributed by atoms with Crippen LogP contribution >= 0.6 is 0 Å². The van der Waals surface area contributed by atoms with Gasteiger partial charge < -0.3 is 10.1 Å². The molecule has 0 aliphatic carbocycles. The molecule has 0 atom stereocenters. The normalized spacial score (nSPS) is 11.0. The predicted octanol–water partition coefficient (Wildman–Crippen LogP) is 1.08. The first-order chi connectivity index (χ1) is 7.37. The minimum Gasteiger partial charge on any atom is -0.453 e. The van der Waals surface area contributed by atoms with Crippen molar-refractivity contribution in [3.05, 3.63) is 18.0 Å². The summed E-state index contributed by atoms with van der Waals surface area (Å²) in [6.45, 7) is 7.50. The molecule has 1 N–H and O–H groups in total. The molecule has 0 aliphatic rings. The number of carbonyl (C=O) groups excluding carboxylic acids is 1. The van der Waals surface area contributed by atoms with E-state index in [0.29, 0.717) is 0 Å². The number of aromatic nitrogens is 2. The van der Waals surface area contributed by atoms with Crippen LogP contribution in [0.3, 0.4) is 0 Å². The number of nitrogens with one attached hydrogen (secondary N) is 1. The smallest absolute Gasteiger partial charge is 0.317 e. The summed E-state index contributed by atoms with van der Waals surface area (Å²) < 4.78 is 5.16. The van der Waals surface area contributed by atoms with E-state index in [1.807, 2.05) is 27.7 Å². The summed E-state index contributed by atoms with van der Waals surface area (Å²) in [6.07, 6.45) is 1.60. The van der Waals surface area contributed by atoms with E-state index in [0.717, 1.165) is 5.69 Å². The first-order valence-electron chi connectivity index (χ1n) is 5.10. The van der Waals surface area contributed by atoms with Crippen molar-refractivity contribution in [2.24, 2.45) is 0 Å². The molecule has 0 radical (unpaired) electrons. The van der Waals surface area contributed by atoms with Crippen LogP contribution in [0.4, 0.5) is 0 Å². The van der Waals surface area contributed by atoms with Gasteiger partial charge in [-0.05, 0) is 33.8 Å². The molecule has 16 heavy (non-hydrogen) atoms. The number of ether oxygens (including phenoxy) is 1. The molecule has 88 valence electrons. The zero-order valence-corrected chi connectivity index (χ0v) is 10.1. The molecule has 0 spiro atoms. The van der Waals surface area contributed by atoms with Crippen LogP contribution in [0.5, 0.6) is 6.01 Å². The lowest BCUT2D eigenvalue weighted by Gasteiger charge is -2.20. The Morgan fingerprint density at radius 2 is 2.19 bits per heavy atom. The number of rotatable bonds is 3. The van der Waals surface area contributed by atoms with Crippen LogP contribution in [0.25, 0.3) is 0 Å². The van der Waals surface area contributed by atoms with Crippen molar-refractivity contribution in [2.45, 2.75) is 33.2 Å². The highest BCUT2D eigenvalue weighted by molar-refractivity contribution is 5.78. The number of amides is 1. The maximum Gasteiger partial charge on any atom is 0.317 e. The number of aryl methyl sites for hydroxylation is 1. The van der Waals surface area contributed by atoms with Gasteiger partial charge in [0.1, 0.15) is 0 Å². The second-order valence-corrected chi connectivity index (χ2v) is 4.57. The molecule has 1 amide bonds. The monoisotopic (exact) mass is 223 g/mol. The Labute approximate surface area is 95.3 Å². The average Bonchev–Trinajstić information content (AvgIpc) is 2.12. The minimum absolute atomic E-state index is 0.0687. The van der Waals surface area contributed by atoms with Crippen LogP contribution in [-0.4, -0.2) is 28.0 Å². The van der Waals surface area contributed by atoms with E-state index in [2.05, 4.69) is 15.3 Å². The highest BCUT2D eigenvalue weighted by Gasteiger charge is 2.14. The largest absolute Gasteiger partial charge is 0.453 e. The second-order valence-electron chi connectivity index (χ2n) is 4.57. The van der Waals surface area contributed by atoms with Crippen molar-refractivity contribution >= 4 is 5.91 Å². The van der Waals surface area contributed by atoms with Gasteiger partial charge in [-0.3, -0.25) is 4.79 Å². The van der Waals surface area contributed by atoms with Gasteiger partial charge in [-0.1, -0.05) is 0 Å². The average molecular weight is 223 g/mol. The van der Waals surface area contributed by atoms with Crippen molar-refractivity contribution in [1.82, 2.24) is 15.3 Å². The topological polar surface area (TPSA) is 64.1 Å². The number of nitrogens with zero attached hydrogens (tertiary/aromatic N) is 2. The van der Waals surface area contributed by atoms with Gasteiger partial charge in [0, 0.05) is 17.4 Å².